The third-order valence-electron chi connectivity index (χ3n) is 3.54. The van der Waals surface area contributed by atoms with E-state index in [4.69, 9.17) is 0 Å². The Kier molecular flexibility index (Phi) is 5.08. The summed E-state index contributed by atoms with van der Waals surface area (Å²) < 4.78 is 81.6. The van der Waals surface area contributed by atoms with Crippen LogP contribution in [0.3, 0.4) is 0 Å². The van der Waals surface area contributed by atoms with Gasteiger partial charge < -0.3 is 15.2 Å². The number of alkyl halides is 6. The number of esters is 1. The van der Waals surface area contributed by atoms with Gasteiger partial charge in [0.15, 0.2) is 6.10 Å². The first-order chi connectivity index (χ1) is 9.73. The zero-order chi connectivity index (χ0) is 17.5. The zero-order valence-corrected chi connectivity index (χ0v) is 12.0. The summed E-state index contributed by atoms with van der Waals surface area (Å²) in [7, 11) is 0. The fourth-order valence-corrected chi connectivity index (χ4v) is 2.01. The number of rotatable bonds is 5. The smallest absolute Gasteiger partial charge is 0.430 e. The second kappa shape index (κ2) is 5.88. The Hall–Kier alpha value is -1.03. The Bertz CT molecular complexity index is 402. The van der Waals surface area contributed by atoms with E-state index in [1.54, 1.807) is 0 Å². The predicted octanol–water partition coefficient (Wildman–Crippen LogP) is 2.02. The van der Waals surface area contributed by atoms with Gasteiger partial charge in [-0.05, 0) is 5.92 Å². The molecule has 0 radical (unpaired) electrons. The predicted molar refractivity (Wildman–Crippen MR) is 62.7 cm³/mol. The summed E-state index contributed by atoms with van der Waals surface area (Å²) >= 11 is 0. The summed E-state index contributed by atoms with van der Waals surface area (Å²) in [6.07, 6.45) is -14.9. The maximum Gasteiger partial charge on any atom is 0.430 e. The van der Waals surface area contributed by atoms with Crippen molar-refractivity contribution < 1.29 is 41.0 Å². The van der Waals surface area contributed by atoms with Crippen molar-refractivity contribution in [3.63, 3.8) is 0 Å². The van der Waals surface area contributed by atoms with Gasteiger partial charge in [-0.3, -0.25) is 4.79 Å². The molecule has 4 nitrogen and oxygen atoms in total. The standard InChI is InChI=1S/C12H17F6NO3/c1-5(2)8(22-9(20)6(3)7-4-19-7)10(21,11(13,14)15)12(16,17)18/h5-8,19,21H,4H2,1-3H3. The SMILES string of the molecule is CC(C)C(OC(=O)C(C)C1CN1)C(O)(C(F)(F)F)C(F)(F)F. The van der Waals surface area contributed by atoms with Crippen molar-refractivity contribution in [3.05, 3.63) is 0 Å². The molecule has 1 aliphatic heterocycles. The van der Waals surface area contributed by atoms with E-state index in [1.807, 2.05) is 0 Å². The lowest BCUT2D eigenvalue weighted by molar-refractivity contribution is -0.395. The summed E-state index contributed by atoms with van der Waals surface area (Å²) in [4.78, 5) is 11.7. The molecule has 1 rings (SSSR count). The van der Waals surface area contributed by atoms with Crippen molar-refractivity contribution >= 4 is 5.97 Å². The number of nitrogens with one attached hydrogen (secondary N) is 1. The quantitative estimate of drug-likeness (QED) is 0.458. The Morgan fingerprint density at radius 3 is 1.82 bits per heavy atom. The van der Waals surface area contributed by atoms with Crippen LogP contribution in [0, 0.1) is 11.8 Å². The largest absolute Gasteiger partial charge is 0.458 e. The molecular weight excluding hydrogens is 320 g/mol. The normalized spacial score (nSPS) is 22.4. The summed E-state index contributed by atoms with van der Waals surface area (Å²) in [5, 5.41) is 12.1. The third kappa shape index (κ3) is 3.48. The first-order valence-corrected chi connectivity index (χ1v) is 6.53. The van der Waals surface area contributed by atoms with Crippen LogP contribution in [0.25, 0.3) is 0 Å². The van der Waals surface area contributed by atoms with Crippen molar-refractivity contribution in [1.82, 2.24) is 5.32 Å². The summed E-state index contributed by atoms with van der Waals surface area (Å²) in [5.41, 5.74) is -5.12. The monoisotopic (exact) mass is 337 g/mol. The average Bonchev–Trinajstić information content (AvgIpc) is 3.14. The van der Waals surface area contributed by atoms with Crippen LogP contribution in [0.15, 0.2) is 0 Å². The molecule has 0 amide bonds. The molecule has 0 aromatic heterocycles. The lowest BCUT2D eigenvalue weighted by atomic mass is 9.87. The fourth-order valence-electron chi connectivity index (χ4n) is 2.01. The Labute approximate surface area is 122 Å². The van der Waals surface area contributed by atoms with Crippen molar-refractivity contribution in [3.8, 4) is 0 Å². The van der Waals surface area contributed by atoms with E-state index in [2.05, 4.69) is 10.1 Å². The van der Waals surface area contributed by atoms with Crippen LogP contribution in [-0.4, -0.2) is 47.7 Å². The average molecular weight is 337 g/mol. The van der Waals surface area contributed by atoms with Gasteiger partial charge in [0.25, 0.3) is 5.60 Å². The van der Waals surface area contributed by atoms with Crippen molar-refractivity contribution in [2.75, 3.05) is 6.54 Å². The molecule has 0 aromatic rings. The van der Waals surface area contributed by atoms with E-state index in [0.717, 1.165) is 13.8 Å². The molecule has 10 heteroatoms. The van der Waals surface area contributed by atoms with Gasteiger partial charge in [-0.2, -0.15) is 26.3 Å². The maximum absolute atomic E-state index is 12.9. The number of carbonyl (C=O) groups is 1. The molecule has 1 aliphatic rings. The van der Waals surface area contributed by atoms with Gasteiger partial charge in [-0.1, -0.05) is 20.8 Å². The molecule has 3 atom stereocenters. The fraction of sp³-hybridized carbons (Fsp3) is 0.917. The highest BCUT2D eigenvalue weighted by molar-refractivity contribution is 5.73. The van der Waals surface area contributed by atoms with E-state index in [-0.39, 0.29) is 6.04 Å². The topological polar surface area (TPSA) is 68.5 Å². The molecule has 0 saturated carbocycles. The highest BCUT2D eigenvalue weighted by atomic mass is 19.4. The second-order valence-electron chi connectivity index (χ2n) is 5.67. The minimum absolute atomic E-state index is 0.342. The minimum atomic E-state index is -6.04. The molecule has 1 heterocycles. The van der Waals surface area contributed by atoms with Crippen LogP contribution in [0.2, 0.25) is 0 Å². The van der Waals surface area contributed by atoms with Gasteiger partial charge >= 0.3 is 18.3 Å². The van der Waals surface area contributed by atoms with Crippen LogP contribution >= 0.6 is 0 Å². The van der Waals surface area contributed by atoms with Gasteiger partial charge in [-0.25, -0.2) is 0 Å². The summed E-state index contributed by atoms with van der Waals surface area (Å²) in [6, 6.07) is -0.342. The Morgan fingerprint density at radius 1 is 1.14 bits per heavy atom. The summed E-state index contributed by atoms with van der Waals surface area (Å²) in [6.45, 7) is 3.75. The zero-order valence-electron chi connectivity index (χ0n) is 12.0. The number of hydrogen-bond acceptors (Lipinski definition) is 4. The Morgan fingerprint density at radius 2 is 1.55 bits per heavy atom. The molecule has 22 heavy (non-hydrogen) atoms. The molecule has 1 fully saturated rings. The van der Waals surface area contributed by atoms with Gasteiger partial charge in [0.05, 0.1) is 5.92 Å². The molecule has 2 N–H and O–H groups in total. The van der Waals surface area contributed by atoms with Crippen LogP contribution < -0.4 is 5.32 Å². The van der Waals surface area contributed by atoms with E-state index < -0.39 is 41.9 Å². The molecular formula is C12H17F6NO3. The van der Waals surface area contributed by atoms with Gasteiger partial charge in [0.2, 0.25) is 0 Å². The number of carbonyl (C=O) groups excluding carboxylic acids is 1. The Balaban J connectivity index is 3.12. The maximum atomic E-state index is 12.9. The lowest BCUT2D eigenvalue weighted by Gasteiger charge is -2.40. The van der Waals surface area contributed by atoms with Crippen molar-refractivity contribution in [2.24, 2.45) is 11.8 Å². The lowest BCUT2D eigenvalue weighted by Crippen LogP contribution is -2.66. The first kappa shape index (κ1) is 19.0. The van der Waals surface area contributed by atoms with Crippen LogP contribution in [0.5, 0.6) is 0 Å². The van der Waals surface area contributed by atoms with Crippen LogP contribution in [0.4, 0.5) is 26.3 Å². The minimum Gasteiger partial charge on any atom is -0.458 e. The number of halogens is 6. The van der Waals surface area contributed by atoms with Crippen LogP contribution in [-0.2, 0) is 9.53 Å². The molecule has 0 spiro atoms. The molecule has 1 saturated heterocycles. The van der Waals surface area contributed by atoms with Gasteiger partial charge in [0, 0.05) is 12.6 Å². The van der Waals surface area contributed by atoms with Crippen molar-refractivity contribution in [1.29, 1.82) is 0 Å². The highest BCUT2D eigenvalue weighted by Gasteiger charge is 2.76. The van der Waals surface area contributed by atoms with E-state index >= 15 is 0 Å². The molecule has 0 aromatic carbocycles. The molecule has 130 valence electrons. The van der Waals surface area contributed by atoms with E-state index in [9.17, 15) is 36.2 Å². The summed E-state index contributed by atoms with van der Waals surface area (Å²) in [5.74, 6) is -3.54. The first-order valence-electron chi connectivity index (χ1n) is 6.53. The molecule has 0 bridgehead atoms. The van der Waals surface area contributed by atoms with Crippen molar-refractivity contribution in [2.45, 2.75) is 50.9 Å². The second-order valence-corrected chi connectivity index (χ2v) is 5.67. The number of hydrogen-bond donors (Lipinski definition) is 2. The van der Waals surface area contributed by atoms with Gasteiger partial charge in [-0.15, -0.1) is 0 Å². The third-order valence-corrected chi connectivity index (χ3v) is 3.54. The highest BCUT2D eigenvalue weighted by Crippen LogP contribution is 2.48. The van der Waals surface area contributed by atoms with E-state index in [0.29, 0.717) is 6.54 Å². The van der Waals surface area contributed by atoms with Gasteiger partial charge in [0.1, 0.15) is 0 Å². The number of ether oxygens (including phenoxy) is 1. The van der Waals surface area contributed by atoms with E-state index in [1.165, 1.54) is 6.92 Å². The molecule has 3 unspecified atom stereocenters. The number of aliphatic hydroxyl groups is 1. The van der Waals surface area contributed by atoms with Crippen LogP contribution in [0.1, 0.15) is 20.8 Å². The molecule has 0 aliphatic carbocycles.